The topological polar surface area (TPSA) is 102 Å². The monoisotopic (exact) mass is 738 g/mol. The predicted molar refractivity (Wildman–Crippen MR) is 188 cm³/mol. The SMILES string of the molecule is COCOc1cc(-c2ncc3c(N4CC5CCC(C4)N5C(=O)OC(C)(C)C)nc(OC[C@@]45CCCN4C[C@H](F)C5)nc3c2F)c2c(F)c(F)ccc2c1. The molecule has 0 N–H and O–H groups in total. The Bertz CT molecular complexity index is 2070. The van der Waals surface area contributed by atoms with Crippen molar-refractivity contribution in [3.63, 3.8) is 0 Å². The maximum absolute atomic E-state index is 17.1. The van der Waals surface area contributed by atoms with Crippen LogP contribution in [0.3, 0.4) is 0 Å². The molecule has 11 nitrogen and oxygen atoms in total. The number of fused-ring (bicyclic) bond motifs is 5. The first kappa shape index (κ1) is 35.5. The first-order valence-electron chi connectivity index (χ1n) is 18.0. The van der Waals surface area contributed by atoms with Crippen LogP contribution in [0.5, 0.6) is 11.8 Å². The van der Waals surface area contributed by atoms with Gasteiger partial charge in [0.15, 0.2) is 24.2 Å². The van der Waals surface area contributed by atoms with E-state index < -0.39 is 34.8 Å². The van der Waals surface area contributed by atoms with E-state index in [1.54, 1.807) is 4.90 Å². The molecule has 4 atom stereocenters. The fraction of sp³-hybridized carbons (Fsp3) is 0.526. The second kappa shape index (κ2) is 13.4. The van der Waals surface area contributed by atoms with Gasteiger partial charge < -0.3 is 23.8 Å². The Kier molecular flexibility index (Phi) is 8.99. The summed E-state index contributed by atoms with van der Waals surface area (Å²) in [5, 5.41) is 0.364. The van der Waals surface area contributed by atoms with E-state index in [4.69, 9.17) is 23.9 Å². The van der Waals surface area contributed by atoms with Crippen LogP contribution in [-0.4, -0.2) is 107 Å². The third-order valence-corrected chi connectivity index (χ3v) is 10.8. The number of alkyl halides is 1. The third kappa shape index (κ3) is 6.45. The number of piperazine rings is 1. The molecule has 4 aliphatic heterocycles. The molecule has 282 valence electrons. The summed E-state index contributed by atoms with van der Waals surface area (Å²) in [6.07, 6.45) is 3.56. The summed E-state index contributed by atoms with van der Waals surface area (Å²) in [6.45, 7) is 7.34. The van der Waals surface area contributed by atoms with Crippen molar-refractivity contribution in [2.24, 2.45) is 0 Å². The van der Waals surface area contributed by atoms with Crippen LogP contribution in [0, 0.1) is 17.5 Å². The van der Waals surface area contributed by atoms with Crippen LogP contribution in [0.15, 0.2) is 30.5 Å². The Labute approximate surface area is 304 Å². The Morgan fingerprint density at radius 1 is 1.02 bits per heavy atom. The number of nitrogens with zero attached hydrogens (tertiary/aromatic N) is 6. The number of ether oxygens (including phenoxy) is 4. The first-order valence-corrected chi connectivity index (χ1v) is 18.0. The average molecular weight is 739 g/mol. The number of benzene rings is 2. The molecule has 0 aliphatic carbocycles. The molecule has 2 aromatic carbocycles. The van der Waals surface area contributed by atoms with Crippen molar-refractivity contribution >= 4 is 33.6 Å². The molecule has 1 amide bonds. The number of amides is 1. The molecule has 15 heteroatoms. The highest BCUT2D eigenvalue weighted by Gasteiger charge is 2.50. The van der Waals surface area contributed by atoms with Crippen molar-refractivity contribution in [1.29, 1.82) is 0 Å². The highest BCUT2D eigenvalue weighted by atomic mass is 19.2. The summed E-state index contributed by atoms with van der Waals surface area (Å²) in [6, 6.07) is 4.80. The van der Waals surface area contributed by atoms with Gasteiger partial charge in [0.05, 0.1) is 23.0 Å². The minimum absolute atomic E-state index is 0.0444. The molecule has 53 heavy (non-hydrogen) atoms. The Morgan fingerprint density at radius 2 is 1.79 bits per heavy atom. The molecule has 0 radical (unpaired) electrons. The van der Waals surface area contributed by atoms with Crippen molar-refractivity contribution < 1.29 is 41.3 Å². The van der Waals surface area contributed by atoms with Gasteiger partial charge in [0.2, 0.25) is 0 Å². The number of hydrogen-bond donors (Lipinski definition) is 0. The van der Waals surface area contributed by atoms with Gasteiger partial charge in [0.1, 0.15) is 41.2 Å². The van der Waals surface area contributed by atoms with E-state index in [1.807, 2.05) is 25.7 Å². The van der Waals surface area contributed by atoms with Crippen molar-refractivity contribution in [3.05, 3.63) is 47.9 Å². The Morgan fingerprint density at radius 3 is 2.53 bits per heavy atom. The van der Waals surface area contributed by atoms with Gasteiger partial charge in [-0.25, -0.2) is 22.4 Å². The van der Waals surface area contributed by atoms with Gasteiger partial charge in [-0.15, -0.1) is 0 Å². The smallest absolute Gasteiger partial charge is 0.410 e. The summed E-state index contributed by atoms with van der Waals surface area (Å²) in [5.74, 6) is -2.57. The molecule has 4 aromatic rings. The predicted octanol–water partition coefficient (Wildman–Crippen LogP) is 6.79. The minimum atomic E-state index is -1.16. The van der Waals surface area contributed by atoms with Crippen molar-refractivity contribution in [3.8, 4) is 23.0 Å². The van der Waals surface area contributed by atoms with Crippen molar-refractivity contribution in [2.45, 2.75) is 82.3 Å². The number of hydrogen-bond acceptors (Lipinski definition) is 10. The van der Waals surface area contributed by atoms with Gasteiger partial charge in [-0.05, 0) is 76.6 Å². The lowest BCUT2D eigenvalue weighted by atomic mass is 9.95. The molecule has 4 fully saturated rings. The van der Waals surface area contributed by atoms with Crippen molar-refractivity contribution in [1.82, 2.24) is 24.8 Å². The number of carbonyl (C=O) groups excluding carboxylic acids is 1. The van der Waals surface area contributed by atoms with Gasteiger partial charge in [-0.3, -0.25) is 14.8 Å². The van der Waals surface area contributed by atoms with E-state index in [1.165, 1.54) is 31.5 Å². The normalized spacial score (nSPS) is 24.3. The maximum atomic E-state index is 17.1. The fourth-order valence-electron chi connectivity index (χ4n) is 8.62. The second-order valence-corrected chi connectivity index (χ2v) is 15.5. The highest BCUT2D eigenvalue weighted by molar-refractivity contribution is 6.00. The third-order valence-electron chi connectivity index (χ3n) is 10.8. The van der Waals surface area contributed by atoms with Crippen LogP contribution < -0.4 is 14.4 Å². The summed E-state index contributed by atoms with van der Waals surface area (Å²) < 4.78 is 84.5. The molecular formula is C38H42F4N6O5. The van der Waals surface area contributed by atoms with Gasteiger partial charge in [0.25, 0.3) is 0 Å². The van der Waals surface area contributed by atoms with E-state index in [0.717, 1.165) is 38.3 Å². The van der Waals surface area contributed by atoms with Gasteiger partial charge >= 0.3 is 12.1 Å². The standard InChI is InChI=1S/C38H42F4N6O5/c1-37(2,3)53-36(49)48-23-7-8-24(48)18-46(17-23)34-27-15-43-32(26-13-25(52-20-50-4)12-21-6-9-28(40)30(41)29(21)26)31(42)33(27)44-35(45-34)51-19-38-10-5-11-47(38)16-22(39)14-38/h6,9,12-13,15,22-24H,5,7-8,10-11,14,16-20H2,1-4H3/t22-,23?,24?,38+/m1/s1. The number of aromatic nitrogens is 3. The molecular weight excluding hydrogens is 696 g/mol. The summed E-state index contributed by atoms with van der Waals surface area (Å²) in [4.78, 5) is 32.9. The van der Waals surface area contributed by atoms with E-state index >= 15 is 8.78 Å². The Hall–Kier alpha value is -4.50. The quantitative estimate of drug-likeness (QED) is 0.142. The molecule has 0 saturated carbocycles. The fourth-order valence-corrected chi connectivity index (χ4v) is 8.62. The molecule has 6 heterocycles. The van der Waals surface area contributed by atoms with E-state index in [-0.39, 0.29) is 76.3 Å². The van der Waals surface area contributed by atoms with Crippen LogP contribution in [0.2, 0.25) is 0 Å². The molecule has 4 aliphatic rings. The number of carbonyl (C=O) groups is 1. The van der Waals surface area contributed by atoms with Crippen LogP contribution in [0.1, 0.15) is 52.9 Å². The van der Waals surface area contributed by atoms with Crippen LogP contribution in [0.4, 0.5) is 28.2 Å². The number of pyridine rings is 1. The van der Waals surface area contributed by atoms with Gasteiger partial charge in [0, 0.05) is 50.3 Å². The zero-order valence-corrected chi connectivity index (χ0v) is 30.1. The number of rotatable bonds is 8. The summed E-state index contributed by atoms with van der Waals surface area (Å²) in [5.41, 5.74) is -1.63. The number of methoxy groups -OCH3 is 1. The van der Waals surface area contributed by atoms with Gasteiger partial charge in [-0.1, -0.05) is 6.07 Å². The van der Waals surface area contributed by atoms with E-state index in [0.29, 0.717) is 31.9 Å². The van der Waals surface area contributed by atoms with E-state index in [2.05, 4.69) is 14.9 Å². The lowest BCUT2D eigenvalue weighted by Gasteiger charge is -2.42. The van der Waals surface area contributed by atoms with E-state index in [9.17, 15) is 13.6 Å². The number of anilines is 1. The van der Waals surface area contributed by atoms with Crippen molar-refractivity contribution in [2.75, 3.05) is 51.6 Å². The zero-order valence-electron chi connectivity index (χ0n) is 30.1. The molecule has 8 rings (SSSR count). The van der Waals surface area contributed by atoms with Crippen LogP contribution >= 0.6 is 0 Å². The first-order chi connectivity index (χ1) is 25.3. The maximum Gasteiger partial charge on any atom is 0.410 e. The molecule has 4 saturated heterocycles. The molecule has 0 spiro atoms. The largest absolute Gasteiger partial charge is 0.468 e. The average Bonchev–Trinajstić information content (AvgIpc) is 3.73. The van der Waals surface area contributed by atoms with Crippen LogP contribution in [-0.2, 0) is 9.47 Å². The van der Waals surface area contributed by atoms with Crippen LogP contribution in [0.25, 0.3) is 32.9 Å². The highest BCUT2D eigenvalue weighted by Crippen LogP contribution is 2.43. The molecule has 2 aromatic heterocycles. The lowest BCUT2D eigenvalue weighted by Crippen LogP contribution is -2.57. The summed E-state index contributed by atoms with van der Waals surface area (Å²) >= 11 is 0. The summed E-state index contributed by atoms with van der Waals surface area (Å²) in [7, 11) is 1.44. The minimum Gasteiger partial charge on any atom is -0.468 e. The second-order valence-electron chi connectivity index (χ2n) is 15.5. The van der Waals surface area contributed by atoms with Gasteiger partial charge in [-0.2, -0.15) is 9.97 Å². The Balaban J connectivity index is 1.23. The zero-order chi connectivity index (χ0) is 37.2. The molecule has 2 bridgehead atoms. The number of halogens is 4. The lowest BCUT2D eigenvalue weighted by molar-refractivity contribution is 0.0122. The molecule has 2 unspecified atom stereocenters.